The highest BCUT2D eigenvalue weighted by molar-refractivity contribution is 8.01. The third-order valence-corrected chi connectivity index (χ3v) is 6.85. The quantitative estimate of drug-likeness (QED) is 0.675. The van der Waals surface area contributed by atoms with Crippen molar-refractivity contribution in [2.75, 3.05) is 45.0 Å². The summed E-state index contributed by atoms with van der Waals surface area (Å²) in [6.45, 7) is 0. The Hall–Kier alpha value is -2.72. The van der Waals surface area contributed by atoms with E-state index in [9.17, 15) is 0 Å². The van der Waals surface area contributed by atoms with Crippen LogP contribution >= 0.6 is 11.8 Å². The standard InChI is InChI=1S/C25H28N3S/c1-26(2)20-14-10-18(11-15-20)24(19-12-16-21(17-13-19)27(3)4)25-28(5)22-8-6-7-9-23(22)29-25/h6-17,25H,1-5H3/q+1. The van der Waals surface area contributed by atoms with Gasteiger partial charge >= 0.3 is 0 Å². The van der Waals surface area contributed by atoms with Crippen LogP contribution in [-0.2, 0) is 0 Å². The molecular formula is C25H28N3S+. The molecule has 4 rings (SSSR count). The van der Waals surface area contributed by atoms with E-state index in [0.29, 0.717) is 0 Å². The van der Waals surface area contributed by atoms with Crippen molar-refractivity contribution in [3.63, 3.8) is 0 Å². The molecule has 0 saturated carbocycles. The Morgan fingerprint density at radius 1 is 0.931 bits per heavy atom. The van der Waals surface area contributed by atoms with Gasteiger partial charge in [0.05, 0.1) is 5.69 Å². The Kier molecular flexibility index (Phi) is 5.37. The number of anilines is 2. The highest BCUT2D eigenvalue weighted by Gasteiger charge is 2.32. The van der Waals surface area contributed by atoms with Gasteiger partial charge in [-0.2, -0.15) is 0 Å². The molecule has 0 radical (unpaired) electrons. The summed E-state index contributed by atoms with van der Waals surface area (Å²) in [7, 11) is 10.5. The molecule has 3 nitrogen and oxygen atoms in total. The molecule has 0 saturated heterocycles. The predicted octanol–water partition coefficient (Wildman–Crippen LogP) is 4.91. The smallest absolute Gasteiger partial charge is 0.199 e. The minimum absolute atomic E-state index is 0.239. The molecule has 0 bridgehead atoms. The van der Waals surface area contributed by atoms with Gasteiger partial charge in [0.2, 0.25) is 0 Å². The largest absolute Gasteiger partial charge is 0.378 e. The van der Waals surface area contributed by atoms with Gasteiger partial charge in [-0.3, -0.25) is 0 Å². The second kappa shape index (κ2) is 7.96. The lowest BCUT2D eigenvalue weighted by atomic mass is 9.95. The molecule has 1 unspecified atom stereocenters. The minimum atomic E-state index is 0.239. The van der Waals surface area contributed by atoms with Gasteiger partial charge in [-0.25, -0.2) is 4.58 Å². The zero-order valence-corrected chi connectivity index (χ0v) is 18.6. The van der Waals surface area contributed by atoms with E-state index in [0.717, 1.165) is 0 Å². The summed E-state index contributed by atoms with van der Waals surface area (Å²) in [4.78, 5) is 5.88. The number of thioether (sulfide) groups is 1. The maximum atomic E-state index is 2.40. The van der Waals surface area contributed by atoms with Crippen molar-refractivity contribution in [3.05, 3.63) is 84.0 Å². The molecule has 0 spiro atoms. The number of allylic oxidation sites excluding steroid dienone is 5. The molecule has 29 heavy (non-hydrogen) atoms. The van der Waals surface area contributed by atoms with Crippen LogP contribution in [0.2, 0.25) is 0 Å². The van der Waals surface area contributed by atoms with Crippen LogP contribution in [0.3, 0.4) is 0 Å². The van der Waals surface area contributed by atoms with Gasteiger partial charge in [0, 0.05) is 43.9 Å². The minimum Gasteiger partial charge on any atom is -0.378 e. The number of nitrogens with zero attached hydrogens (tertiary/aromatic N) is 3. The van der Waals surface area contributed by atoms with Gasteiger partial charge in [-0.15, -0.1) is 0 Å². The highest BCUT2D eigenvalue weighted by atomic mass is 32.2. The number of rotatable bonds is 3. The molecule has 0 aromatic heterocycles. The maximum Gasteiger partial charge on any atom is 0.199 e. The molecular weight excluding hydrogens is 374 g/mol. The van der Waals surface area contributed by atoms with E-state index >= 15 is 0 Å². The first-order chi connectivity index (χ1) is 14.0. The van der Waals surface area contributed by atoms with Gasteiger partial charge in [-0.1, -0.05) is 36.0 Å². The fraction of sp³-hybridized carbons (Fsp3) is 0.240. The van der Waals surface area contributed by atoms with E-state index in [1.54, 1.807) is 0 Å². The summed E-state index contributed by atoms with van der Waals surface area (Å²) in [5.74, 6) is 0. The van der Waals surface area contributed by atoms with Crippen LogP contribution in [0.4, 0.5) is 11.4 Å². The van der Waals surface area contributed by atoms with E-state index in [2.05, 4.69) is 122 Å². The summed E-state index contributed by atoms with van der Waals surface area (Å²) in [5, 5.41) is 0.239. The van der Waals surface area contributed by atoms with Crippen molar-refractivity contribution in [3.8, 4) is 0 Å². The fourth-order valence-electron chi connectivity index (χ4n) is 3.76. The van der Waals surface area contributed by atoms with Gasteiger partial charge in [-0.05, 0) is 53.1 Å². The maximum absolute atomic E-state index is 2.40. The van der Waals surface area contributed by atoms with E-state index in [-0.39, 0.29) is 5.37 Å². The molecule has 0 N–H and O–H groups in total. The van der Waals surface area contributed by atoms with Crippen molar-refractivity contribution < 1.29 is 4.58 Å². The predicted molar refractivity (Wildman–Crippen MR) is 128 cm³/mol. The molecule has 0 amide bonds. The molecule has 0 fully saturated rings. The van der Waals surface area contributed by atoms with E-state index in [4.69, 9.17) is 0 Å². The van der Waals surface area contributed by atoms with Crippen molar-refractivity contribution in [2.24, 2.45) is 0 Å². The summed E-state index contributed by atoms with van der Waals surface area (Å²) in [6.07, 6.45) is 8.91. The average molecular weight is 403 g/mol. The van der Waals surface area contributed by atoms with Crippen LogP contribution in [0.1, 0.15) is 5.56 Å². The zero-order chi connectivity index (χ0) is 20.5. The lowest BCUT2D eigenvalue weighted by molar-refractivity contribution is -0.462. The third kappa shape index (κ3) is 3.77. The lowest BCUT2D eigenvalue weighted by Gasteiger charge is -2.27. The van der Waals surface area contributed by atoms with E-state index < -0.39 is 0 Å². The lowest BCUT2D eigenvalue weighted by Crippen LogP contribution is -2.26. The van der Waals surface area contributed by atoms with Crippen molar-refractivity contribution in [1.29, 1.82) is 0 Å². The Balaban J connectivity index is 1.81. The molecule has 1 aliphatic carbocycles. The average Bonchev–Trinajstić information content (AvgIpc) is 3.05. The van der Waals surface area contributed by atoms with Gasteiger partial charge in [0.1, 0.15) is 19.5 Å². The SMILES string of the molecule is CN(C)c1ccc(C(=C2C=CC(=[N+](C)C)C=C2)C2Sc3ccccc3N2C)cc1. The summed E-state index contributed by atoms with van der Waals surface area (Å²) < 4.78 is 2.14. The normalized spacial score (nSPS) is 17.6. The number of hydrogen-bond donors (Lipinski definition) is 0. The topological polar surface area (TPSA) is 9.49 Å². The van der Waals surface area contributed by atoms with Crippen LogP contribution in [0.15, 0.2) is 83.3 Å². The Morgan fingerprint density at radius 3 is 2.17 bits per heavy atom. The summed E-state index contributed by atoms with van der Waals surface area (Å²) >= 11 is 1.93. The molecule has 1 aliphatic heterocycles. The number of fused-ring (bicyclic) bond motifs is 1. The summed E-state index contributed by atoms with van der Waals surface area (Å²) in [6, 6.07) is 17.6. The number of para-hydroxylation sites is 1. The summed E-state index contributed by atoms with van der Waals surface area (Å²) in [5.41, 5.74) is 7.62. The first-order valence-corrected chi connectivity index (χ1v) is 10.7. The molecule has 1 heterocycles. The van der Waals surface area contributed by atoms with Crippen LogP contribution < -0.4 is 9.80 Å². The first-order valence-electron chi connectivity index (χ1n) is 9.86. The van der Waals surface area contributed by atoms with Crippen LogP contribution in [0, 0.1) is 0 Å². The molecule has 148 valence electrons. The van der Waals surface area contributed by atoms with Gasteiger partial charge in [0.15, 0.2) is 5.71 Å². The van der Waals surface area contributed by atoms with E-state index in [1.165, 1.54) is 38.7 Å². The fourth-order valence-corrected chi connectivity index (χ4v) is 5.15. The molecule has 1 atom stereocenters. The Labute approximate surface area is 178 Å². The third-order valence-electron chi connectivity index (χ3n) is 5.47. The Bertz CT molecular complexity index is 1020. The van der Waals surface area contributed by atoms with Gasteiger partial charge < -0.3 is 9.80 Å². The number of benzene rings is 2. The zero-order valence-electron chi connectivity index (χ0n) is 17.8. The molecule has 2 aromatic rings. The van der Waals surface area contributed by atoms with Crippen LogP contribution in [0.5, 0.6) is 0 Å². The monoisotopic (exact) mass is 402 g/mol. The highest BCUT2D eigenvalue weighted by Crippen LogP contribution is 2.48. The molecule has 4 heteroatoms. The number of likely N-dealkylation sites (N-methyl/N-ethyl adjacent to an activating group) is 1. The van der Waals surface area contributed by atoms with Crippen molar-refractivity contribution in [1.82, 2.24) is 0 Å². The van der Waals surface area contributed by atoms with Crippen LogP contribution in [-0.4, -0.2) is 50.9 Å². The van der Waals surface area contributed by atoms with Crippen molar-refractivity contribution in [2.45, 2.75) is 10.3 Å². The second-order valence-electron chi connectivity index (χ2n) is 7.85. The molecule has 2 aromatic carbocycles. The number of hydrogen-bond acceptors (Lipinski definition) is 3. The molecule has 2 aliphatic rings. The van der Waals surface area contributed by atoms with E-state index in [1.807, 2.05) is 11.8 Å². The Morgan fingerprint density at radius 2 is 1.59 bits per heavy atom. The van der Waals surface area contributed by atoms with Crippen molar-refractivity contribution >= 4 is 34.4 Å². The first kappa shape index (κ1) is 19.6. The van der Waals surface area contributed by atoms with Gasteiger partial charge in [0.25, 0.3) is 0 Å². The van der Waals surface area contributed by atoms with Crippen LogP contribution in [0.25, 0.3) is 5.57 Å². The second-order valence-corrected chi connectivity index (χ2v) is 8.97.